The predicted molar refractivity (Wildman–Crippen MR) is 86.4 cm³/mol. The molecule has 1 saturated heterocycles. The molecule has 23 heavy (non-hydrogen) atoms. The quantitative estimate of drug-likeness (QED) is 0.800. The Hall–Kier alpha value is -1.08. The highest BCUT2D eigenvalue weighted by atomic mass is 16.5. The Morgan fingerprint density at radius 1 is 1.17 bits per heavy atom. The van der Waals surface area contributed by atoms with E-state index in [9.17, 15) is 4.79 Å². The number of carbonyl (C=O) groups excluding carboxylic acids is 1. The van der Waals surface area contributed by atoms with E-state index in [1.165, 1.54) is 38.5 Å². The molecule has 1 amide bonds. The molecule has 5 aliphatic rings. The Balaban J connectivity index is 1.57. The lowest BCUT2D eigenvalue weighted by Crippen LogP contribution is -2.63. The maximum Gasteiger partial charge on any atom is 0.228 e. The molecule has 1 unspecified atom stereocenters. The lowest BCUT2D eigenvalue weighted by atomic mass is 9.52. The van der Waals surface area contributed by atoms with E-state index >= 15 is 0 Å². The molecule has 4 aliphatic carbocycles. The zero-order valence-electron chi connectivity index (χ0n) is 14.0. The number of ether oxygens (including phenoxy) is 1. The van der Waals surface area contributed by atoms with Crippen molar-refractivity contribution in [3.05, 3.63) is 0 Å². The fourth-order valence-corrected chi connectivity index (χ4v) is 6.29. The van der Waals surface area contributed by atoms with Gasteiger partial charge in [0.2, 0.25) is 5.91 Å². The van der Waals surface area contributed by atoms with Crippen molar-refractivity contribution >= 4 is 5.91 Å². The van der Waals surface area contributed by atoms with Crippen LogP contribution in [-0.4, -0.2) is 36.1 Å². The molecule has 126 valence electrons. The smallest absolute Gasteiger partial charge is 0.228 e. The maximum absolute atomic E-state index is 13.3. The second-order valence-corrected chi connectivity index (χ2v) is 8.45. The van der Waals surface area contributed by atoms with Gasteiger partial charge in [-0.1, -0.05) is 0 Å². The third-order valence-corrected chi connectivity index (χ3v) is 6.80. The van der Waals surface area contributed by atoms with Gasteiger partial charge in [0.1, 0.15) is 0 Å². The lowest BCUT2D eigenvalue weighted by Gasteiger charge is -2.60. The summed E-state index contributed by atoms with van der Waals surface area (Å²) in [5, 5.41) is 9.08. The van der Waals surface area contributed by atoms with Crippen LogP contribution >= 0.6 is 0 Å². The lowest BCUT2D eigenvalue weighted by molar-refractivity contribution is -0.158. The van der Waals surface area contributed by atoms with Crippen molar-refractivity contribution in [3.8, 4) is 6.07 Å². The van der Waals surface area contributed by atoms with Crippen molar-refractivity contribution in [2.45, 2.75) is 63.3 Å². The second kappa shape index (κ2) is 6.09. The zero-order chi connectivity index (χ0) is 15.9. The van der Waals surface area contributed by atoms with Crippen molar-refractivity contribution in [3.63, 3.8) is 0 Å². The molecular formula is C19H28N2O2. The van der Waals surface area contributed by atoms with Crippen molar-refractivity contribution in [2.24, 2.45) is 23.7 Å². The minimum Gasteiger partial charge on any atom is -0.381 e. The SMILES string of the molecule is N#CCCN(C(=O)C1CCCOC1)C12CC3CC(CC(C3)C1)C2. The van der Waals surface area contributed by atoms with Crippen LogP contribution in [0.2, 0.25) is 0 Å². The van der Waals surface area contributed by atoms with Crippen molar-refractivity contribution in [2.75, 3.05) is 19.8 Å². The first kappa shape index (κ1) is 15.4. The van der Waals surface area contributed by atoms with Gasteiger partial charge in [-0.05, 0) is 69.1 Å². The van der Waals surface area contributed by atoms with Gasteiger partial charge in [0.15, 0.2) is 0 Å². The Morgan fingerprint density at radius 2 is 1.83 bits per heavy atom. The third kappa shape index (κ3) is 2.78. The van der Waals surface area contributed by atoms with Crippen LogP contribution in [0.25, 0.3) is 0 Å². The van der Waals surface area contributed by atoms with Crippen LogP contribution in [0.1, 0.15) is 57.8 Å². The average Bonchev–Trinajstić information content (AvgIpc) is 2.54. The minimum absolute atomic E-state index is 0.0236. The molecule has 5 rings (SSSR count). The molecule has 1 aliphatic heterocycles. The predicted octanol–water partition coefficient (Wildman–Crippen LogP) is 3.12. The van der Waals surface area contributed by atoms with Gasteiger partial charge >= 0.3 is 0 Å². The third-order valence-electron chi connectivity index (χ3n) is 6.80. The highest BCUT2D eigenvalue weighted by Gasteiger charge is 2.55. The van der Waals surface area contributed by atoms with E-state index in [0.29, 0.717) is 19.6 Å². The number of carbonyl (C=O) groups is 1. The van der Waals surface area contributed by atoms with Gasteiger partial charge in [-0.3, -0.25) is 4.79 Å². The van der Waals surface area contributed by atoms with Gasteiger partial charge in [-0.25, -0.2) is 0 Å². The summed E-state index contributed by atoms with van der Waals surface area (Å²) in [5.74, 6) is 2.76. The first-order valence-corrected chi connectivity index (χ1v) is 9.46. The highest BCUT2D eigenvalue weighted by Crippen LogP contribution is 2.58. The van der Waals surface area contributed by atoms with E-state index in [1.807, 2.05) is 0 Å². The minimum atomic E-state index is 0.0236. The van der Waals surface area contributed by atoms with E-state index in [1.54, 1.807) is 0 Å². The fourth-order valence-electron chi connectivity index (χ4n) is 6.29. The number of rotatable bonds is 4. The number of hydrogen-bond donors (Lipinski definition) is 0. The largest absolute Gasteiger partial charge is 0.381 e. The summed E-state index contributed by atoms with van der Waals surface area (Å²) < 4.78 is 5.56. The molecule has 0 aromatic rings. The van der Waals surface area contributed by atoms with Crippen molar-refractivity contribution < 1.29 is 9.53 Å². The number of amides is 1. The van der Waals surface area contributed by atoms with Crippen molar-refractivity contribution in [1.82, 2.24) is 4.90 Å². The molecule has 5 fully saturated rings. The van der Waals surface area contributed by atoms with E-state index in [0.717, 1.165) is 37.2 Å². The Bertz CT molecular complexity index is 469. The second-order valence-electron chi connectivity index (χ2n) is 8.45. The van der Waals surface area contributed by atoms with Gasteiger partial charge in [0.25, 0.3) is 0 Å². The molecule has 1 atom stereocenters. The number of hydrogen-bond acceptors (Lipinski definition) is 3. The first-order valence-electron chi connectivity index (χ1n) is 9.46. The molecule has 0 spiro atoms. The Labute approximate surface area is 139 Å². The van der Waals surface area contributed by atoms with Crippen molar-refractivity contribution in [1.29, 1.82) is 5.26 Å². The molecule has 0 radical (unpaired) electrons. The molecule has 0 aromatic heterocycles. The molecule has 4 saturated carbocycles. The number of nitrogens with zero attached hydrogens (tertiary/aromatic N) is 2. The molecule has 0 aromatic carbocycles. The van der Waals surface area contributed by atoms with Crippen LogP contribution in [0.15, 0.2) is 0 Å². The summed E-state index contributed by atoms with van der Waals surface area (Å²) in [6, 6.07) is 2.26. The van der Waals surface area contributed by atoms with Gasteiger partial charge in [0.05, 0.1) is 25.0 Å². The van der Waals surface area contributed by atoms with Gasteiger partial charge in [-0.2, -0.15) is 5.26 Å². The summed E-state index contributed by atoms with van der Waals surface area (Å²) in [7, 11) is 0. The monoisotopic (exact) mass is 316 g/mol. The molecular weight excluding hydrogens is 288 g/mol. The summed E-state index contributed by atoms with van der Waals surface area (Å²) in [4.78, 5) is 15.4. The van der Waals surface area contributed by atoms with Gasteiger partial charge in [-0.15, -0.1) is 0 Å². The van der Waals surface area contributed by atoms with Gasteiger partial charge in [0, 0.05) is 18.7 Å². The molecule has 0 N–H and O–H groups in total. The summed E-state index contributed by atoms with van der Waals surface area (Å²) >= 11 is 0. The van der Waals surface area contributed by atoms with Crippen LogP contribution in [0, 0.1) is 35.0 Å². The van der Waals surface area contributed by atoms with Crippen LogP contribution in [0.5, 0.6) is 0 Å². The van der Waals surface area contributed by atoms with Gasteiger partial charge < -0.3 is 9.64 Å². The molecule has 1 heterocycles. The average molecular weight is 316 g/mol. The summed E-state index contributed by atoms with van der Waals surface area (Å²) in [6.07, 6.45) is 10.1. The summed E-state index contributed by atoms with van der Waals surface area (Å²) in [5.41, 5.74) is 0.0696. The zero-order valence-corrected chi connectivity index (χ0v) is 14.0. The fraction of sp³-hybridized carbons (Fsp3) is 0.895. The molecule has 4 nitrogen and oxygen atoms in total. The normalized spacial score (nSPS) is 41.5. The summed E-state index contributed by atoms with van der Waals surface area (Å²) in [6.45, 7) is 1.99. The van der Waals surface area contributed by atoms with E-state index in [4.69, 9.17) is 10.00 Å². The van der Waals surface area contributed by atoms with E-state index in [-0.39, 0.29) is 17.4 Å². The Morgan fingerprint density at radius 3 is 2.35 bits per heavy atom. The van der Waals surface area contributed by atoms with E-state index in [2.05, 4.69) is 11.0 Å². The maximum atomic E-state index is 13.3. The standard InChI is InChI=1S/C19H28N2O2/c20-4-2-5-21(18(22)17-3-1-6-23-13-17)19-10-14-7-15(11-19)9-16(8-14)12-19/h14-17H,1-3,5-13H2. The molecule has 4 bridgehead atoms. The topological polar surface area (TPSA) is 53.3 Å². The number of nitriles is 1. The van der Waals surface area contributed by atoms with Crippen LogP contribution in [-0.2, 0) is 9.53 Å². The van der Waals surface area contributed by atoms with Crippen LogP contribution < -0.4 is 0 Å². The van der Waals surface area contributed by atoms with E-state index < -0.39 is 0 Å². The Kier molecular flexibility index (Phi) is 4.09. The molecule has 4 heteroatoms. The van der Waals surface area contributed by atoms with Crippen LogP contribution in [0.4, 0.5) is 0 Å². The first-order chi connectivity index (χ1) is 11.2. The highest BCUT2D eigenvalue weighted by molar-refractivity contribution is 5.80. The van der Waals surface area contributed by atoms with Crippen LogP contribution in [0.3, 0.4) is 0 Å².